The van der Waals surface area contributed by atoms with Crippen molar-refractivity contribution in [1.82, 2.24) is 0 Å². The third kappa shape index (κ3) is 5.28. The number of sulfonamides is 1. The van der Waals surface area contributed by atoms with Gasteiger partial charge in [-0.25, -0.2) is 13.6 Å². The topological polar surface area (TPSA) is 116 Å². The monoisotopic (exact) mass is 436 g/mol. The summed E-state index contributed by atoms with van der Waals surface area (Å²) in [6, 6.07) is 11.5. The summed E-state index contributed by atoms with van der Waals surface area (Å²) in [6.07, 6.45) is 1.88. The van der Waals surface area contributed by atoms with E-state index in [1.54, 1.807) is 30.3 Å². The van der Waals surface area contributed by atoms with E-state index in [4.69, 9.17) is 9.88 Å². The van der Waals surface area contributed by atoms with Gasteiger partial charge in [0.15, 0.2) is 5.75 Å². The van der Waals surface area contributed by atoms with Gasteiger partial charge in [0.05, 0.1) is 5.69 Å². The van der Waals surface area contributed by atoms with Crippen molar-refractivity contribution in [3.63, 3.8) is 0 Å². The first-order chi connectivity index (χ1) is 13.9. The first-order valence-corrected chi connectivity index (χ1v) is 11.3. The molecule has 0 unspecified atom stereocenters. The summed E-state index contributed by atoms with van der Waals surface area (Å²) in [5, 5.41) is 5.01. The second-order valence-electron chi connectivity index (χ2n) is 6.29. The van der Waals surface area contributed by atoms with Crippen LogP contribution in [0.15, 0.2) is 47.4 Å². The molecule has 1 saturated heterocycles. The van der Waals surface area contributed by atoms with Crippen molar-refractivity contribution in [2.45, 2.75) is 17.7 Å². The van der Waals surface area contributed by atoms with E-state index in [1.807, 2.05) is 11.0 Å². The minimum Gasteiger partial charge on any atom is -0.456 e. The molecular formula is C19H20N2O6S2. The molecule has 8 nitrogen and oxygen atoms in total. The van der Waals surface area contributed by atoms with E-state index in [1.165, 1.54) is 6.07 Å². The fraction of sp³-hybridized carbons (Fsp3) is 0.263. The third-order valence-corrected chi connectivity index (χ3v) is 5.98. The van der Waals surface area contributed by atoms with E-state index in [0.717, 1.165) is 24.6 Å². The number of benzene rings is 2. The van der Waals surface area contributed by atoms with Gasteiger partial charge in [-0.2, -0.15) is 0 Å². The lowest BCUT2D eigenvalue weighted by atomic mass is 10.1. The summed E-state index contributed by atoms with van der Waals surface area (Å²) >= 11 is 0.747. The predicted molar refractivity (Wildman–Crippen MR) is 110 cm³/mol. The Balaban J connectivity index is 2.11. The van der Waals surface area contributed by atoms with Crippen molar-refractivity contribution in [3.8, 4) is 11.5 Å². The maximum absolute atomic E-state index is 12.5. The molecule has 2 aromatic carbocycles. The lowest BCUT2D eigenvalue weighted by molar-refractivity contribution is -0.126. The van der Waals surface area contributed by atoms with Gasteiger partial charge in [-0.15, -0.1) is 0 Å². The summed E-state index contributed by atoms with van der Waals surface area (Å²) in [6.45, 7) is 1.64. The molecule has 0 bridgehead atoms. The smallest absolute Gasteiger partial charge is 0.293 e. The molecule has 1 fully saturated rings. The lowest BCUT2D eigenvalue weighted by Gasteiger charge is -2.24. The molecule has 2 N–H and O–H groups in total. The number of thioether (sulfide) groups is 1. The van der Waals surface area contributed by atoms with Crippen LogP contribution < -0.4 is 14.8 Å². The summed E-state index contributed by atoms with van der Waals surface area (Å²) in [5.41, 5.74) is 0.619. The molecule has 1 aliphatic rings. The van der Waals surface area contributed by atoms with Gasteiger partial charge in [-0.3, -0.25) is 9.59 Å². The minimum absolute atomic E-state index is 0.0892. The highest BCUT2D eigenvalue weighted by molar-refractivity contribution is 8.14. The second-order valence-corrected chi connectivity index (χ2v) is 8.71. The summed E-state index contributed by atoms with van der Waals surface area (Å²) in [4.78, 5) is 24.5. The Bertz CT molecular complexity index is 989. The summed E-state index contributed by atoms with van der Waals surface area (Å²) < 4.78 is 35.1. The summed E-state index contributed by atoms with van der Waals surface area (Å²) in [7, 11) is -4.19. The van der Waals surface area contributed by atoms with Gasteiger partial charge in [0.25, 0.3) is 6.47 Å². The number of carbonyl (C=O) groups is 2. The number of ether oxygens (including phenoxy) is 2. The van der Waals surface area contributed by atoms with Crippen LogP contribution in [0.2, 0.25) is 0 Å². The number of para-hydroxylation sites is 1. The summed E-state index contributed by atoms with van der Waals surface area (Å²) in [5.74, 6) is 0.367. The molecule has 0 aromatic heterocycles. The van der Waals surface area contributed by atoms with Crippen LogP contribution in [-0.2, 0) is 19.6 Å². The number of nitrogens with zero attached hydrogens (tertiary/aromatic N) is 1. The predicted octanol–water partition coefficient (Wildman–Crippen LogP) is 2.73. The van der Waals surface area contributed by atoms with Gasteiger partial charge in [-0.05, 0) is 48.9 Å². The van der Waals surface area contributed by atoms with Crippen LogP contribution in [0.4, 0.5) is 5.69 Å². The number of hydrogen-bond acceptors (Lipinski definition) is 8. The maximum atomic E-state index is 12.5. The Morgan fingerprint density at radius 3 is 2.48 bits per heavy atom. The molecule has 1 aliphatic heterocycles. The zero-order chi connectivity index (χ0) is 20.9. The van der Waals surface area contributed by atoms with Gasteiger partial charge in [0, 0.05) is 18.7 Å². The number of primary sulfonamides is 1. The average molecular weight is 437 g/mol. The van der Waals surface area contributed by atoms with Crippen LogP contribution in [0.5, 0.6) is 11.5 Å². The standard InChI is InChI=1S/C19H20N2O6S2/c20-29(24,25)17-11-14(19(23)28-13-26-12-22)10-16(21-8-4-5-9-21)18(17)27-15-6-2-1-3-7-15/h1-3,6-7,10-12H,4-5,8-9,13H2,(H2,20,24,25). The Morgan fingerprint density at radius 2 is 1.86 bits per heavy atom. The molecule has 0 amide bonds. The van der Waals surface area contributed by atoms with Crippen molar-refractivity contribution < 1.29 is 27.5 Å². The second kappa shape index (κ2) is 9.29. The van der Waals surface area contributed by atoms with Crippen LogP contribution in [0.3, 0.4) is 0 Å². The SMILES string of the molecule is NS(=O)(=O)c1cc(C(=O)SCOC=O)cc(N2CCCC2)c1Oc1ccccc1. The van der Waals surface area contributed by atoms with Crippen molar-refractivity contribution in [1.29, 1.82) is 0 Å². The number of rotatable bonds is 8. The highest BCUT2D eigenvalue weighted by atomic mass is 32.2. The molecule has 0 atom stereocenters. The number of nitrogens with two attached hydrogens (primary N) is 1. The van der Waals surface area contributed by atoms with Gasteiger partial charge in [0.2, 0.25) is 15.1 Å². The van der Waals surface area contributed by atoms with E-state index in [0.29, 0.717) is 24.5 Å². The zero-order valence-electron chi connectivity index (χ0n) is 15.4. The highest BCUT2D eigenvalue weighted by Crippen LogP contribution is 2.41. The molecule has 2 aromatic rings. The molecule has 3 rings (SSSR count). The molecular weight excluding hydrogens is 416 g/mol. The van der Waals surface area contributed by atoms with Crippen molar-refractivity contribution in [2.75, 3.05) is 23.9 Å². The largest absolute Gasteiger partial charge is 0.456 e. The van der Waals surface area contributed by atoms with Gasteiger partial charge in [0.1, 0.15) is 16.6 Å². The van der Waals surface area contributed by atoms with Gasteiger partial charge in [-0.1, -0.05) is 18.2 Å². The normalized spacial score (nSPS) is 13.9. The molecule has 0 saturated carbocycles. The highest BCUT2D eigenvalue weighted by Gasteiger charge is 2.27. The molecule has 0 spiro atoms. The Hall–Kier alpha value is -2.56. The molecule has 1 heterocycles. The fourth-order valence-electron chi connectivity index (χ4n) is 3.02. The Morgan fingerprint density at radius 1 is 1.17 bits per heavy atom. The van der Waals surface area contributed by atoms with E-state index in [-0.39, 0.29) is 28.6 Å². The average Bonchev–Trinajstić information content (AvgIpc) is 3.22. The first kappa shape index (κ1) is 21.2. The first-order valence-electron chi connectivity index (χ1n) is 8.81. The third-order valence-electron chi connectivity index (χ3n) is 4.31. The van der Waals surface area contributed by atoms with Gasteiger partial charge < -0.3 is 14.4 Å². The number of carbonyl (C=O) groups excluding carboxylic acids is 2. The van der Waals surface area contributed by atoms with Gasteiger partial charge >= 0.3 is 0 Å². The molecule has 0 radical (unpaired) electrons. The molecule has 10 heteroatoms. The lowest BCUT2D eigenvalue weighted by Crippen LogP contribution is -2.21. The fourth-order valence-corrected chi connectivity index (χ4v) is 4.23. The minimum atomic E-state index is -4.19. The van der Waals surface area contributed by atoms with Crippen molar-refractivity contribution in [3.05, 3.63) is 48.0 Å². The van der Waals surface area contributed by atoms with E-state index < -0.39 is 15.1 Å². The van der Waals surface area contributed by atoms with Crippen LogP contribution in [0, 0.1) is 0 Å². The number of anilines is 1. The Labute approximate surface area is 173 Å². The van der Waals surface area contributed by atoms with Crippen LogP contribution in [0.1, 0.15) is 23.2 Å². The van der Waals surface area contributed by atoms with E-state index in [9.17, 15) is 18.0 Å². The quantitative estimate of drug-likeness (QED) is 0.381. The van der Waals surface area contributed by atoms with E-state index >= 15 is 0 Å². The molecule has 0 aliphatic carbocycles. The Kier molecular flexibility index (Phi) is 6.78. The van der Waals surface area contributed by atoms with Crippen LogP contribution in [-0.4, -0.2) is 39.0 Å². The van der Waals surface area contributed by atoms with Crippen molar-refractivity contribution in [2.24, 2.45) is 5.14 Å². The zero-order valence-corrected chi connectivity index (χ0v) is 17.1. The number of hydrogen-bond donors (Lipinski definition) is 1. The van der Waals surface area contributed by atoms with E-state index in [2.05, 4.69) is 4.74 Å². The maximum Gasteiger partial charge on any atom is 0.293 e. The van der Waals surface area contributed by atoms with Crippen molar-refractivity contribution >= 4 is 39.1 Å². The molecule has 154 valence electrons. The molecule has 29 heavy (non-hydrogen) atoms. The van der Waals surface area contributed by atoms with Crippen LogP contribution in [0.25, 0.3) is 0 Å². The van der Waals surface area contributed by atoms with Crippen LogP contribution >= 0.6 is 11.8 Å².